The van der Waals surface area contributed by atoms with Crippen LogP contribution < -0.4 is 20.1 Å². The Bertz CT molecular complexity index is 1080. The second kappa shape index (κ2) is 12.8. The van der Waals surface area contributed by atoms with Gasteiger partial charge in [-0.1, -0.05) is 18.2 Å². The number of benzene rings is 2. The summed E-state index contributed by atoms with van der Waals surface area (Å²) in [4.78, 5) is 11.8. The summed E-state index contributed by atoms with van der Waals surface area (Å²) in [6.07, 6.45) is 2.93. The summed E-state index contributed by atoms with van der Waals surface area (Å²) in [5.41, 5.74) is 3.37. The van der Waals surface area contributed by atoms with E-state index in [1.807, 2.05) is 30.5 Å². The van der Waals surface area contributed by atoms with E-state index in [9.17, 15) is 0 Å². The van der Waals surface area contributed by atoms with Crippen LogP contribution in [0.3, 0.4) is 0 Å². The minimum atomic E-state index is 0. The van der Waals surface area contributed by atoms with Crippen molar-refractivity contribution in [2.75, 3.05) is 33.9 Å². The molecule has 182 valence electrons. The first-order valence-electron chi connectivity index (χ1n) is 11.5. The van der Waals surface area contributed by atoms with Crippen molar-refractivity contribution in [3.05, 3.63) is 65.9 Å². The average molecular weight is 575 g/mol. The van der Waals surface area contributed by atoms with E-state index in [0.717, 1.165) is 61.0 Å². The van der Waals surface area contributed by atoms with E-state index >= 15 is 0 Å². The van der Waals surface area contributed by atoms with Gasteiger partial charge in [-0.25, -0.2) is 4.99 Å². The number of pyridine rings is 1. The summed E-state index contributed by atoms with van der Waals surface area (Å²) in [5.74, 6) is 2.50. The topological polar surface area (TPSA) is 71.0 Å². The summed E-state index contributed by atoms with van der Waals surface area (Å²) in [7, 11) is 3.37. The molecule has 0 radical (unpaired) electrons. The first kappa shape index (κ1) is 26.0. The number of aliphatic imine (C=N–C) groups is 1. The van der Waals surface area contributed by atoms with Crippen molar-refractivity contribution in [1.82, 2.24) is 20.5 Å². The highest BCUT2D eigenvalue weighted by atomic mass is 127. The molecule has 0 saturated carbocycles. The van der Waals surface area contributed by atoms with Crippen LogP contribution in [0.2, 0.25) is 0 Å². The Morgan fingerprint density at radius 2 is 1.88 bits per heavy atom. The zero-order chi connectivity index (χ0) is 23.0. The van der Waals surface area contributed by atoms with Crippen molar-refractivity contribution >= 4 is 40.8 Å². The number of hydrogen-bond acceptors (Lipinski definition) is 5. The molecule has 7 nitrogen and oxygen atoms in total. The first-order valence-corrected chi connectivity index (χ1v) is 11.5. The van der Waals surface area contributed by atoms with E-state index in [1.54, 1.807) is 14.2 Å². The highest BCUT2D eigenvalue weighted by Gasteiger charge is 2.23. The number of hydrogen-bond donors (Lipinski definition) is 2. The lowest BCUT2D eigenvalue weighted by Crippen LogP contribution is -2.44. The number of likely N-dealkylation sites (tertiary alicyclic amines) is 1. The number of nitrogens with one attached hydrogen (secondary N) is 2. The molecule has 2 N–H and O–H groups in total. The molecule has 1 aliphatic rings. The number of rotatable bonds is 8. The molecule has 3 aromatic rings. The Morgan fingerprint density at radius 1 is 1.12 bits per heavy atom. The quantitative estimate of drug-likeness (QED) is 0.239. The SMILES string of the molecule is CCNC(=NCc1ccnc2ccccc12)NC1CCN(Cc2cc(OC)cc(OC)c2)C1.I. The number of ether oxygens (including phenoxy) is 2. The number of guanidine groups is 1. The number of fused-ring (bicyclic) bond motifs is 1. The van der Waals surface area contributed by atoms with Gasteiger partial charge in [-0.05, 0) is 48.7 Å². The summed E-state index contributed by atoms with van der Waals surface area (Å²) in [6.45, 7) is 6.38. The summed E-state index contributed by atoms with van der Waals surface area (Å²) < 4.78 is 10.8. The van der Waals surface area contributed by atoms with Crippen LogP contribution in [-0.4, -0.2) is 55.7 Å². The molecule has 8 heteroatoms. The van der Waals surface area contributed by atoms with Gasteiger partial charge in [0.15, 0.2) is 5.96 Å². The maximum atomic E-state index is 5.41. The Morgan fingerprint density at radius 3 is 2.62 bits per heavy atom. The van der Waals surface area contributed by atoms with Gasteiger partial charge in [-0.3, -0.25) is 9.88 Å². The maximum Gasteiger partial charge on any atom is 0.191 e. The standard InChI is InChI=1S/C26H33N5O2.HI/c1-4-27-26(29-16-20-9-11-28-25-8-6-5-7-24(20)25)30-21-10-12-31(18-21)17-19-13-22(32-2)15-23(14-19)33-3;/h5-9,11,13-15,21H,4,10,12,16-18H2,1-3H3,(H2,27,29,30);1H. The van der Waals surface area contributed by atoms with Gasteiger partial charge in [0.25, 0.3) is 0 Å². The molecule has 0 amide bonds. The van der Waals surface area contributed by atoms with Crippen LogP contribution in [0.25, 0.3) is 10.9 Å². The van der Waals surface area contributed by atoms with E-state index in [4.69, 9.17) is 14.5 Å². The third-order valence-electron chi connectivity index (χ3n) is 5.92. The predicted molar refractivity (Wildman–Crippen MR) is 148 cm³/mol. The molecule has 0 bridgehead atoms. The molecule has 2 heterocycles. The monoisotopic (exact) mass is 575 g/mol. The van der Waals surface area contributed by atoms with E-state index in [0.29, 0.717) is 12.6 Å². The van der Waals surface area contributed by atoms with Gasteiger partial charge in [0.05, 0.1) is 26.3 Å². The molecule has 1 aromatic heterocycles. The van der Waals surface area contributed by atoms with Crippen molar-refractivity contribution in [2.24, 2.45) is 4.99 Å². The molecule has 1 saturated heterocycles. The van der Waals surface area contributed by atoms with Crippen molar-refractivity contribution in [3.8, 4) is 11.5 Å². The third-order valence-corrected chi connectivity index (χ3v) is 5.92. The lowest BCUT2D eigenvalue weighted by molar-refractivity contribution is 0.321. The van der Waals surface area contributed by atoms with E-state index in [2.05, 4.69) is 51.7 Å². The number of halogens is 1. The fraction of sp³-hybridized carbons (Fsp3) is 0.385. The Hall–Kier alpha value is -2.59. The summed E-state index contributed by atoms with van der Waals surface area (Å²) >= 11 is 0. The predicted octanol–water partition coefficient (Wildman–Crippen LogP) is 4.20. The zero-order valence-electron chi connectivity index (χ0n) is 20.1. The molecule has 0 spiro atoms. The van der Waals surface area contributed by atoms with Crippen molar-refractivity contribution in [2.45, 2.75) is 32.5 Å². The molecule has 1 aliphatic heterocycles. The highest BCUT2D eigenvalue weighted by Crippen LogP contribution is 2.24. The fourth-order valence-electron chi connectivity index (χ4n) is 4.28. The first-order chi connectivity index (χ1) is 16.2. The molecule has 4 rings (SSSR count). The van der Waals surface area contributed by atoms with Crippen LogP contribution in [0, 0.1) is 0 Å². The summed E-state index contributed by atoms with van der Waals surface area (Å²) in [5, 5.41) is 8.18. The third kappa shape index (κ3) is 6.73. The van der Waals surface area contributed by atoms with Gasteiger partial charge in [-0.2, -0.15) is 0 Å². The number of aromatic nitrogens is 1. The second-order valence-corrected chi connectivity index (χ2v) is 8.27. The molecular formula is C26H34IN5O2. The van der Waals surface area contributed by atoms with E-state index in [-0.39, 0.29) is 24.0 Å². The van der Waals surface area contributed by atoms with Crippen LogP contribution >= 0.6 is 24.0 Å². The Kier molecular flexibility index (Phi) is 9.76. The molecule has 34 heavy (non-hydrogen) atoms. The normalized spacial score (nSPS) is 16.2. The number of para-hydroxylation sites is 1. The Labute approximate surface area is 219 Å². The Balaban J connectivity index is 0.00000324. The van der Waals surface area contributed by atoms with Gasteiger partial charge in [0.2, 0.25) is 0 Å². The highest BCUT2D eigenvalue weighted by molar-refractivity contribution is 14.0. The smallest absolute Gasteiger partial charge is 0.191 e. The molecular weight excluding hydrogens is 541 g/mol. The van der Waals surface area contributed by atoms with E-state index < -0.39 is 0 Å². The van der Waals surface area contributed by atoms with Gasteiger partial charge in [0.1, 0.15) is 11.5 Å². The van der Waals surface area contributed by atoms with Crippen molar-refractivity contribution < 1.29 is 9.47 Å². The van der Waals surface area contributed by atoms with Crippen LogP contribution in [0.4, 0.5) is 0 Å². The van der Waals surface area contributed by atoms with Crippen molar-refractivity contribution in [1.29, 1.82) is 0 Å². The van der Waals surface area contributed by atoms with Crippen LogP contribution in [0.15, 0.2) is 59.7 Å². The van der Waals surface area contributed by atoms with Gasteiger partial charge < -0.3 is 20.1 Å². The van der Waals surface area contributed by atoms with Crippen LogP contribution in [-0.2, 0) is 13.1 Å². The van der Waals surface area contributed by atoms with Crippen molar-refractivity contribution in [3.63, 3.8) is 0 Å². The number of methoxy groups -OCH3 is 2. The molecule has 1 unspecified atom stereocenters. The van der Waals surface area contributed by atoms with E-state index in [1.165, 1.54) is 11.1 Å². The number of nitrogens with zero attached hydrogens (tertiary/aromatic N) is 3. The molecule has 1 fully saturated rings. The second-order valence-electron chi connectivity index (χ2n) is 8.27. The van der Waals surface area contributed by atoms with Gasteiger partial charge >= 0.3 is 0 Å². The lowest BCUT2D eigenvalue weighted by Gasteiger charge is -2.19. The minimum absolute atomic E-state index is 0. The minimum Gasteiger partial charge on any atom is -0.497 e. The van der Waals surface area contributed by atoms with Crippen LogP contribution in [0.5, 0.6) is 11.5 Å². The summed E-state index contributed by atoms with van der Waals surface area (Å²) in [6, 6.07) is 16.7. The van der Waals surface area contributed by atoms with Crippen LogP contribution in [0.1, 0.15) is 24.5 Å². The fourth-order valence-corrected chi connectivity index (χ4v) is 4.28. The lowest BCUT2D eigenvalue weighted by atomic mass is 10.1. The molecule has 1 atom stereocenters. The van der Waals surface area contributed by atoms with Gasteiger partial charge in [0, 0.05) is 49.9 Å². The molecule has 2 aromatic carbocycles. The average Bonchev–Trinajstić information content (AvgIpc) is 3.28. The molecule has 0 aliphatic carbocycles. The zero-order valence-corrected chi connectivity index (χ0v) is 22.4. The largest absolute Gasteiger partial charge is 0.497 e. The van der Waals surface area contributed by atoms with Gasteiger partial charge in [-0.15, -0.1) is 24.0 Å². The maximum absolute atomic E-state index is 5.41.